The van der Waals surface area contributed by atoms with Crippen LogP contribution in [-0.4, -0.2) is 23.8 Å². The number of Topliss-reactive ketones (excluding diaryl/α,β-unsaturated/α-hetero) is 1. The van der Waals surface area contributed by atoms with E-state index >= 15 is 0 Å². The zero-order valence-corrected chi connectivity index (χ0v) is 9.54. The van der Waals surface area contributed by atoms with Gasteiger partial charge in [0.1, 0.15) is 5.94 Å². The maximum atomic E-state index is 11.9. The number of allylic oxidation sites excluding steroid dienone is 2. The first kappa shape index (κ1) is 11.0. The fourth-order valence-electron chi connectivity index (χ4n) is 1.52. The van der Waals surface area contributed by atoms with Crippen molar-refractivity contribution in [2.24, 2.45) is 0 Å². The van der Waals surface area contributed by atoms with Crippen molar-refractivity contribution in [3.63, 3.8) is 0 Å². The number of hydrogen-bond acceptors (Lipinski definition) is 4. The summed E-state index contributed by atoms with van der Waals surface area (Å²) in [6.45, 7) is 0. The van der Waals surface area contributed by atoms with Crippen molar-refractivity contribution in [2.45, 2.75) is 0 Å². The lowest BCUT2D eigenvalue weighted by Gasteiger charge is -2.14. The van der Waals surface area contributed by atoms with Gasteiger partial charge in [-0.2, -0.15) is 0 Å². The molecule has 0 amide bonds. The van der Waals surface area contributed by atoms with Gasteiger partial charge in [-0.05, 0) is 6.26 Å². The molecular formula is C12H10O3S. The topological polar surface area (TPSA) is 43.4 Å². The van der Waals surface area contributed by atoms with E-state index in [0.29, 0.717) is 17.1 Å². The lowest BCUT2D eigenvalue weighted by molar-refractivity contribution is 0.0910. The minimum Gasteiger partial charge on any atom is -0.479 e. The van der Waals surface area contributed by atoms with E-state index < -0.39 is 0 Å². The van der Waals surface area contributed by atoms with Gasteiger partial charge in [0, 0.05) is 17.2 Å². The number of carbonyl (C=O) groups excluding carboxylic acids is 2. The molecule has 0 atom stereocenters. The molecule has 0 aliphatic heterocycles. The molecule has 0 spiro atoms. The molecule has 0 N–H and O–H groups in total. The highest BCUT2D eigenvalue weighted by molar-refractivity contribution is 7.98. The smallest absolute Gasteiger partial charge is 0.228 e. The van der Waals surface area contributed by atoms with Gasteiger partial charge in [0.2, 0.25) is 5.78 Å². The Balaban J connectivity index is 2.36. The maximum Gasteiger partial charge on any atom is 0.228 e. The number of benzene rings is 1. The zero-order valence-electron chi connectivity index (χ0n) is 8.73. The third-order valence-electron chi connectivity index (χ3n) is 2.26. The molecule has 1 aromatic rings. The summed E-state index contributed by atoms with van der Waals surface area (Å²) < 4.78 is 5.23. The fourth-order valence-corrected chi connectivity index (χ4v) is 1.77. The third-order valence-corrected chi connectivity index (χ3v) is 2.61. The van der Waals surface area contributed by atoms with Gasteiger partial charge in [-0.25, -0.2) is 0 Å². The quantitative estimate of drug-likeness (QED) is 0.752. The summed E-state index contributed by atoms with van der Waals surface area (Å²) in [5, 5.41) is 0. The first-order valence-electron chi connectivity index (χ1n) is 4.75. The summed E-state index contributed by atoms with van der Waals surface area (Å²) in [5.41, 5.74) is 0.870. The van der Waals surface area contributed by atoms with Gasteiger partial charge in [0.05, 0.1) is 0 Å². The lowest BCUT2D eigenvalue weighted by Crippen LogP contribution is -2.18. The van der Waals surface area contributed by atoms with Crippen LogP contribution in [0.3, 0.4) is 0 Å². The average Bonchev–Trinajstić information content (AvgIpc) is 2.32. The van der Waals surface area contributed by atoms with Crippen molar-refractivity contribution in [3.05, 3.63) is 47.2 Å². The van der Waals surface area contributed by atoms with E-state index in [2.05, 4.69) is 0 Å². The van der Waals surface area contributed by atoms with E-state index in [0.717, 1.165) is 0 Å². The molecule has 16 heavy (non-hydrogen) atoms. The molecule has 0 saturated heterocycles. The van der Waals surface area contributed by atoms with Gasteiger partial charge >= 0.3 is 0 Å². The van der Waals surface area contributed by atoms with Gasteiger partial charge in [-0.15, -0.1) is 11.8 Å². The summed E-state index contributed by atoms with van der Waals surface area (Å²) in [6, 6.07) is 6.77. The van der Waals surface area contributed by atoms with Crippen molar-refractivity contribution < 1.29 is 14.3 Å². The first-order valence-corrected chi connectivity index (χ1v) is 6.15. The molecule has 0 heterocycles. The van der Waals surface area contributed by atoms with Crippen LogP contribution in [0.2, 0.25) is 0 Å². The van der Waals surface area contributed by atoms with Crippen LogP contribution in [0.25, 0.3) is 0 Å². The standard InChI is InChI=1S/C12H10O3S/c1-16-7-15-11-6-10(13)8-4-2-3-5-9(8)12(11)14/h2-6H,7H2,1H3. The zero-order chi connectivity index (χ0) is 11.5. The molecule has 2 rings (SSSR count). The monoisotopic (exact) mass is 234 g/mol. The predicted molar refractivity (Wildman–Crippen MR) is 62.7 cm³/mol. The molecule has 4 heteroatoms. The number of thioether (sulfide) groups is 1. The second kappa shape index (κ2) is 4.53. The van der Waals surface area contributed by atoms with Crippen molar-refractivity contribution in [1.29, 1.82) is 0 Å². The average molecular weight is 234 g/mol. The number of rotatable bonds is 3. The first-order chi connectivity index (χ1) is 7.74. The summed E-state index contributed by atoms with van der Waals surface area (Å²) in [4.78, 5) is 23.6. The van der Waals surface area contributed by atoms with Gasteiger partial charge in [-0.3, -0.25) is 9.59 Å². The molecular weight excluding hydrogens is 224 g/mol. The molecule has 82 valence electrons. The molecule has 0 saturated carbocycles. The fraction of sp³-hybridized carbons (Fsp3) is 0.167. The van der Waals surface area contributed by atoms with E-state index in [4.69, 9.17) is 4.74 Å². The molecule has 0 radical (unpaired) electrons. The van der Waals surface area contributed by atoms with E-state index in [1.165, 1.54) is 17.8 Å². The Morgan fingerprint density at radius 1 is 1.19 bits per heavy atom. The van der Waals surface area contributed by atoms with E-state index in [-0.39, 0.29) is 17.3 Å². The van der Waals surface area contributed by atoms with Gasteiger partial charge in [0.25, 0.3) is 0 Å². The minimum atomic E-state index is -0.218. The maximum absolute atomic E-state index is 11.9. The lowest BCUT2D eigenvalue weighted by atomic mass is 9.94. The molecule has 0 aromatic heterocycles. The Kier molecular flexibility index (Phi) is 3.10. The van der Waals surface area contributed by atoms with Crippen LogP contribution in [0, 0.1) is 0 Å². The molecule has 0 bridgehead atoms. The number of ether oxygens (including phenoxy) is 1. The highest BCUT2D eigenvalue weighted by Gasteiger charge is 2.25. The number of hydrogen-bond donors (Lipinski definition) is 0. The summed E-state index contributed by atoms with van der Waals surface area (Å²) >= 11 is 1.45. The second-order valence-electron chi connectivity index (χ2n) is 3.30. The molecule has 3 nitrogen and oxygen atoms in total. The van der Waals surface area contributed by atoms with Crippen molar-refractivity contribution in [2.75, 3.05) is 12.2 Å². The molecule has 1 aliphatic carbocycles. The SMILES string of the molecule is CSCOC1=CC(=O)c2ccccc2C1=O. The molecule has 1 aliphatic rings. The van der Waals surface area contributed by atoms with Crippen LogP contribution in [0.15, 0.2) is 36.1 Å². The van der Waals surface area contributed by atoms with E-state index in [9.17, 15) is 9.59 Å². The van der Waals surface area contributed by atoms with Crippen LogP contribution in [-0.2, 0) is 4.74 Å². The van der Waals surface area contributed by atoms with Crippen molar-refractivity contribution >= 4 is 23.3 Å². The molecule has 0 fully saturated rings. The predicted octanol–water partition coefficient (Wildman–Crippen LogP) is 2.29. The van der Waals surface area contributed by atoms with Gasteiger partial charge in [-0.1, -0.05) is 24.3 Å². The van der Waals surface area contributed by atoms with Crippen LogP contribution >= 0.6 is 11.8 Å². The summed E-state index contributed by atoms with van der Waals surface area (Å²) in [5.74, 6) is 0.112. The highest BCUT2D eigenvalue weighted by atomic mass is 32.2. The largest absolute Gasteiger partial charge is 0.479 e. The summed E-state index contributed by atoms with van der Waals surface area (Å²) in [7, 11) is 0. The molecule has 0 unspecified atom stereocenters. The Hall–Kier alpha value is -1.55. The Bertz CT molecular complexity index is 477. The van der Waals surface area contributed by atoms with Crippen LogP contribution in [0.1, 0.15) is 20.7 Å². The Morgan fingerprint density at radius 2 is 1.88 bits per heavy atom. The van der Waals surface area contributed by atoms with Gasteiger partial charge < -0.3 is 4.74 Å². The van der Waals surface area contributed by atoms with Crippen molar-refractivity contribution in [3.8, 4) is 0 Å². The Morgan fingerprint density at radius 3 is 2.56 bits per heavy atom. The normalized spacial score (nSPS) is 14.4. The third kappa shape index (κ3) is 1.88. The summed E-state index contributed by atoms with van der Waals surface area (Å²) in [6.07, 6.45) is 3.13. The van der Waals surface area contributed by atoms with Crippen LogP contribution in [0.4, 0.5) is 0 Å². The number of carbonyl (C=O) groups is 2. The minimum absolute atomic E-state index is 0.137. The highest BCUT2D eigenvalue weighted by Crippen LogP contribution is 2.22. The number of fused-ring (bicyclic) bond motifs is 1. The van der Waals surface area contributed by atoms with E-state index in [1.807, 2.05) is 6.26 Å². The van der Waals surface area contributed by atoms with E-state index in [1.54, 1.807) is 24.3 Å². The second-order valence-corrected chi connectivity index (χ2v) is 4.11. The van der Waals surface area contributed by atoms with Gasteiger partial charge in [0.15, 0.2) is 11.5 Å². The van der Waals surface area contributed by atoms with Crippen LogP contribution < -0.4 is 0 Å². The number of ketones is 2. The van der Waals surface area contributed by atoms with Crippen molar-refractivity contribution in [1.82, 2.24) is 0 Å². The Labute approximate surface area is 97.5 Å². The van der Waals surface area contributed by atoms with Crippen LogP contribution in [0.5, 0.6) is 0 Å². The molecule has 1 aromatic carbocycles.